The highest BCUT2D eigenvalue weighted by Gasteiger charge is 2.14. The third-order valence-corrected chi connectivity index (χ3v) is 4.38. The summed E-state index contributed by atoms with van der Waals surface area (Å²) in [6.45, 7) is 5.89. The smallest absolute Gasteiger partial charge is 0.238 e. The molecule has 0 spiro atoms. The Kier molecular flexibility index (Phi) is 8.18. The van der Waals surface area contributed by atoms with Gasteiger partial charge in [0.25, 0.3) is 0 Å². The second kappa shape index (κ2) is 10.6. The Labute approximate surface area is 175 Å². The van der Waals surface area contributed by atoms with E-state index < -0.39 is 0 Å². The van der Waals surface area contributed by atoms with Crippen LogP contribution < -0.4 is 16.0 Å². The average molecular weight is 417 g/mol. The zero-order valence-corrected chi connectivity index (χ0v) is 17.5. The number of amides is 3. The van der Waals surface area contributed by atoms with Crippen molar-refractivity contribution in [2.45, 2.75) is 20.8 Å². The Hall–Kier alpha value is -2.90. The molecule has 2 aromatic carbocycles. The van der Waals surface area contributed by atoms with Crippen molar-refractivity contribution in [1.82, 2.24) is 4.90 Å². The fourth-order valence-electron chi connectivity index (χ4n) is 2.64. The van der Waals surface area contributed by atoms with Crippen molar-refractivity contribution in [3.8, 4) is 0 Å². The number of likely N-dealkylation sites (N-methyl/N-ethyl adjacent to an activating group) is 1. The minimum Gasteiger partial charge on any atom is -0.326 e. The first-order valence-electron chi connectivity index (χ1n) is 9.22. The number of nitrogens with one attached hydrogen (secondary N) is 3. The lowest BCUT2D eigenvalue weighted by Gasteiger charge is -2.20. The van der Waals surface area contributed by atoms with E-state index in [4.69, 9.17) is 11.6 Å². The van der Waals surface area contributed by atoms with Crippen molar-refractivity contribution in [1.29, 1.82) is 0 Å². The molecule has 0 aliphatic carbocycles. The molecule has 7 nitrogen and oxygen atoms in total. The zero-order valence-electron chi connectivity index (χ0n) is 16.7. The van der Waals surface area contributed by atoms with E-state index in [-0.39, 0.29) is 30.8 Å². The number of benzene rings is 2. The monoisotopic (exact) mass is 416 g/mol. The van der Waals surface area contributed by atoms with Gasteiger partial charge in [0.15, 0.2) is 0 Å². The van der Waals surface area contributed by atoms with Crippen molar-refractivity contribution < 1.29 is 14.4 Å². The Morgan fingerprint density at radius 1 is 0.897 bits per heavy atom. The van der Waals surface area contributed by atoms with Crippen LogP contribution in [-0.4, -0.2) is 42.3 Å². The molecule has 29 heavy (non-hydrogen) atoms. The Morgan fingerprint density at radius 3 is 2.00 bits per heavy atom. The molecule has 2 aromatic rings. The molecule has 0 unspecified atom stereocenters. The molecule has 0 radical (unpaired) electrons. The summed E-state index contributed by atoms with van der Waals surface area (Å²) in [4.78, 5) is 37.4. The third kappa shape index (κ3) is 7.56. The molecular formula is C21H25ClN4O3. The molecule has 0 saturated carbocycles. The van der Waals surface area contributed by atoms with Gasteiger partial charge in [-0.15, -0.1) is 0 Å². The summed E-state index contributed by atoms with van der Waals surface area (Å²) >= 11 is 5.98. The maximum absolute atomic E-state index is 12.3. The zero-order chi connectivity index (χ0) is 21.4. The second-order valence-electron chi connectivity index (χ2n) is 6.62. The average Bonchev–Trinajstić information content (AvgIpc) is 2.65. The number of aryl methyl sites for hydroxylation is 1. The molecule has 0 fully saturated rings. The van der Waals surface area contributed by atoms with E-state index in [0.717, 1.165) is 5.56 Å². The molecule has 2 rings (SSSR count). The Morgan fingerprint density at radius 2 is 1.45 bits per heavy atom. The van der Waals surface area contributed by atoms with Gasteiger partial charge in [-0.2, -0.15) is 0 Å². The summed E-state index contributed by atoms with van der Waals surface area (Å²) in [5.74, 6) is -0.609. The number of anilines is 3. The van der Waals surface area contributed by atoms with Crippen molar-refractivity contribution in [2.75, 3.05) is 35.6 Å². The maximum atomic E-state index is 12.3. The lowest BCUT2D eigenvalue weighted by atomic mass is 10.2. The normalized spacial score (nSPS) is 10.5. The van der Waals surface area contributed by atoms with Crippen molar-refractivity contribution in [3.05, 3.63) is 53.1 Å². The number of carbonyl (C=O) groups is 3. The predicted octanol–water partition coefficient (Wildman–Crippen LogP) is 3.51. The Bertz CT molecular complexity index is 884. The topological polar surface area (TPSA) is 90.5 Å². The fraction of sp³-hybridized carbons (Fsp3) is 0.286. The van der Waals surface area contributed by atoms with Gasteiger partial charge in [0.05, 0.1) is 13.1 Å². The number of hydrogen-bond donors (Lipinski definition) is 3. The molecule has 3 amide bonds. The fourth-order valence-corrected chi connectivity index (χ4v) is 2.82. The first-order valence-corrected chi connectivity index (χ1v) is 9.60. The van der Waals surface area contributed by atoms with Crippen LogP contribution in [0.4, 0.5) is 17.1 Å². The van der Waals surface area contributed by atoms with Gasteiger partial charge in [-0.1, -0.05) is 24.6 Å². The number of halogens is 1. The van der Waals surface area contributed by atoms with Crippen LogP contribution in [0.1, 0.15) is 19.4 Å². The number of hydrogen-bond acceptors (Lipinski definition) is 4. The van der Waals surface area contributed by atoms with Crippen LogP contribution in [0.15, 0.2) is 42.5 Å². The molecule has 3 N–H and O–H groups in total. The van der Waals surface area contributed by atoms with Crippen LogP contribution in [-0.2, 0) is 14.4 Å². The lowest BCUT2D eigenvalue weighted by Crippen LogP contribution is -2.38. The molecule has 154 valence electrons. The van der Waals surface area contributed by atoms with Gasteiger partial charge < -0.3 is 16.0 Å². The first kappa shape index (κ1) is 22.4. The number of carbonyl (C=O) groups excluding carboxylic acids is 3. The van der Waals surface area contributed by atoms with E-state index in [1.54, 1.807) is 41.3 Å². The van der Waals surface area contributed by atoms with Crippen molar-refractivity contribution >= 4 is 46.4 Å². The van der Waals surface area contributed by atoms with E-state index in [2.05, 4.69) is 16.0 Å². The van der Waals surface area contributed by atoms with Crippen LogP contribution in [0, 0.1) is 6.92 Å². The van der Waals surface area contributed by atoms with E-state index in [9.17, 15) is 14.4 Å². The van der Waals surface area contributed by atoms with Crippen molar-refractivity contribution in [3.63, 3.8) is 0 Å². The van der Waals surface area contributed by atoms with E-state index in [1.165, 1.54) is 6.92 Å². The quantitative estimate of drug-likeness (QED) is 0.614. The van der Waals surface area contributed by atoms with Gasteiger partial charge in [-0.05, 0) is 55.4 Å². The molecular weight excluding hydrogens is 392 g/mol. The van der Waals surface area contributed by atoms with Crippen LogP contribution in [0.25, 0.3) is 0 Å². The lowest BCUT2D eigenvalue weighted by molar-refractivity contribution is -0.120. The van der Waals surface area contributed by atoms with Gasteiger partial charge >= 0.3 is 0 Å². The van der Waals surface area contributed by atoms with Crippen LogP contribution in [0.3, 0.4) is 0 Å². The van der Waals surface area contributed by atoms with Gasteiger partial charge in [0.1, 0.15) is 0 Å². The minimum absolute atomic E-state index is 0.0753. The summed E-state index contributed by atoms with van der Waals surface area (Å²) in [6, 6.07) is 12.1. The Balaban J connectivity index is 1.88. The summed E-state index contributed by atoms with van der Waals surface area (Å²) in [6.07, 6.45) is 0. The van der Waals surface area contributed by atoms with Crippen LogP contribution >= 0.6 is 11.6 Å². The molecule has 0 saturated heterocycles. The van der Waals surface area contributed by atoms with E-state index >= 15 is 0 Å². The van der Waals surface area contributed by atoms with E-state index in [0.29, 0.717) is 28.6 Å². The largest absolute Gasteiger partial charge is 0.326 e. The number of nitrogens with zero attached hydrogens (tertiary/aromatic N) is 1. The molecule has 8 heteroatoms. The molecule has 0 heterocycles. The molecule has 0 atom stereocenters. The molecule has 0 aliphatic heterocycles. The van der Waals surface area contributed by atoms with Crippen LogP contribution in [0.5, 0.6) is 0 Å². The predicted molar refractivity (Wildman–Crippen MR) is 116 cm³/mol. The highest BCUT2D eigenvalue weighted by molar-refractivity contribution is 6.31. The SMILES string of the molecule is CCN(CC(=O)Nc1ccc(NC(C)=O)cc1)CC(=O)Nc1cc(Cl)ccc1C. The molecule has 0 bridgehead atoms. The minimum atomic E-state index is -0.231. The molecule has 0 aromatic heterocycles. The summed E-state index contributed by atoms with van der Waals surface area (Å²) in [5.41, 5.74) is 2.83. The van der Waals surface area contributed by atoms with Crippen LogP contribution in [0.2, 0.25) is 5.02 Å². The standard InChI is InChI=1S/C21H25ClN4O3/c1-4-26(13-21(29)25-19-11-16(22)6-5-14(19)2)12-20(28)24-18-9-7-17(8-10-18)23-15(3)27/h5-11H,4,12-13H2,1-3H3,(H,23,27)(H,24,28)(H,25,29). The van der Waals surface area contributed by atoms with Crippen molar-refractivity contribution in [2.24, 2.45) is 0 Å². The summed E-state index contributed by atoms with van der Waals surface area (Å²) < 4.78 is 0. The van der Waals surface area contributed by atoms with Gasteiger partial charge in [-0.3, -0.25) is 19.3 Å². The highest BCUT2D eigenvalue weighted by Crippen LogP contribution is 2.20. The summed E-state index contributed by atoms with van der Waals surface area (Å²) in [7, 11) is 0. The van der Waals surface area contributed by atoms with Gasteiger partial charge in [-0.25, -0.2) is 0 Å². The number of rotatable bonds is 8. The van der Waals surface area contributed by atoms with E-state index in [1.807, 2.05) is 19.9 Å². The second-order valence-corrected chi connectivity index (χ2v) is 7.05. The highest BCUT2D eigenvalue weighted by atomic mass is 35.5. The first-order chi connectivity index (χ1) is 13.8. The molecule has 0 aliphatic rings. The third-order valence-electron chi connectivity index (χ3n) is 4.14. The maximum Gasteiger partial charge on any atom is 0.238 e. The van der Waals surface area contributed by atoms with Gasteiger partial charge in [0.2, 0.25) is 17.7 Å². The summed E-state index contributed by atoms with van der Waals surface area (Å²) in [5, 5.41) is 8.82. The van der Waals surface area contributed by atoms with Gasteiger partial charge in [0, 0.05) is 29.0 Å².